The van der Waals surface area contributed by atoms with Crippen LogP contribution in [0.25, 0.3) is 11.3 Å². The summed E-state index contributed by atoms with van der Waals surface area (Å²) in [5.74, 6) is 1.35. The van der Waals surface area contributed by atoms with Gasteiger partial charge in [-0.2, -0.15) is 0 Å². The molecule has 0 aliphatic rings. The molecule has 0 saturated carbocycles. The summed E-state index contributed by atoms with van der Waals surface area (Å²) in [6, 6.07) is 11.9. The van der Waals surface area contributed by atoms with Crippen LogP contribution in [0.5, 0.6) is 5.75 Å². The molecule has 0 spiro atoms. The van der Waals surface area contributed by atoms with E-state index in [1.807, 2.05) is 43.3 Å². The van der Waals surface area contributed by atoms with Crippen LogP contribution in [-0.2, 0) is 5.88 Å². The highest BCUT2D eigenvalue weighted by Crippen LogP contribution is 2.22. The molecule has 1 aromatic heterocycles. The molecule has 0 unspecified atom stereocenters. The Hall–Kier alpha value is -1.54. The van der Waals surface area contributed by atoms with Gasteiger partial charge in [-0.15, -0.1) is 11.6 Å². The molecule has 88 valence electrons. The SMILES string of the molecule is COc1ccc(-c2ccc(CCl)c(C)n2)cc1. The predicted octanol–water partition coefficient (Wildman–Crippen LogP) is 3.80. The van der Waals surface area contributed by atoms with Crippen molar-refractivity contribution in [1.29, 1.82) is 0 Å². The molecular formula is C14H14ClNO. The van der Waals surface area contributed by atoms with Crippen molar-refractivity contribution in [3.8, 4) is 17.0 Å². The highest BCUT2D eigenvalue weighted by molar-refractivity contribution is 6.17. The van der Waals surface area contributed by atoms with Gasteiger partial charge in [0, 0.05) is 17.1 Å². The van der Waals surface area contributed by atoms with E-state index in [4.69, 9.17) is 16.3 Å². The zero-order valence-corrected chi connectivity index (χ0v) is 10.7. The lowest BCUT2D eigenvalue weighted by Gasteiger charge is -2.06. The minimum atomic E-state index is 0.502. The Kier molecular flexibility index (Phi) is 3.64. The minimum Gasteiger partial charge on any atom is -0.497 e. The number of pyridine rings is 1. The van der Waals surface area contributed by atoms with E-state index >= 15 is 0 Å². The molecule has 2 nitrogen and oxygen atoms in total. The third kappa shape index (κ3) is 2.59. The van der Waals surface area contributed by atoms with E-state index in [-0.39, 0.29) is 0 Å². The highest BCUT2D eigenvalue weighted by Gasteiger charge is 2.03. The molecule has 0 radical (unpaired) electrons. The molecule has 2 rings (SSSR count). The fourth-order valence-corrected chi connectivity index (χ4v) is 1.94. The van der Waals surface area contributed by atoms with Crippen LogP contribution in [-0.4, -0.2) is 12.1 Å². The third-order valence-corrected chi connectivity index (χ3v) is 3.01. The summed E-state index contributed by atoms with van der Waals surface area (Å²) in [7, 11) is 1.66. The highest BCUT2D eigenvalue weighted by atomic mass is 35.5. The molecule has 0 atom stereocenters. The quantitative estimate of drug-likeness (QED) is 0.770. The summed E-state index contributed by atoms with van der Waals surface area (Å²) in [4.78, 5) is 4.54. The van der Waals surface area contributed by atoms with Crippen LogP contribution in [0.3, 0.4) is 0 Å². The van der Waals surface area contributed by atoms with Crippen molar-refractivity contribution >= 4 is 11.6 Å². The summed E-state index contributed by atoms with van der Waals surface area (Å²) < 4.78 is 5.13. The van der Waals surface area contributed by atoms with Crippen LogP contribution in [0.2, 0.25) is 0 Å². The van der Waals surface area contributed by atoms with Gasteiger partial charge in [-0.1, -0.05) is 6.07 Å². The first-order chi connectivity index (χ1) is 8.24. The van der Waals surface area contributed by atoms with Crippen molar-refractivity contribution in [2.24, 2.45) is 0 Å². The predicted molar refractivity (Wildman–Crippen MR) is 70.5 cm³/mol. The maximum absolute atomic E-state index is 5.81. The number of benzene rings is 1. The Balaban J connectivity index is 2.35. The van der Waals surface area contributed by atoms with Gasteiger partial charge in [-0.25, -0.2) is 0 Å². The van der Waals surface area contributed by atoms with Gasteiger partial charge in [-0.3, -0.25) is 4.98 Å². The van der Waals surface area contributed by atoms with E-state index < -0.39 is 0 Å². The topological polar surface area (TPSA) is 22.1 Å². The van der Waals surface area contributed by atoms with Crippen LogP contribution >= 0.6 is 11.6 Å². The molecule has 1 aromatic carbocycles. The van der Waals surface area contributed by atoms with Crippen molar-refractivity contribution in [3.63, 3.8) is 0 Å². The molecule has 2 aromatic rings. The lowest BCUT2D eigenvalue weighted by atomic mass is 10.1. The second-order valence-electron chi connectivity index (χ2n) is 3.80. The standard InChI is InChI=1S/C14H14ClNO/c1-10-12(9-15)5-8-14(16-10)11-3-6-13(17-2)7-4-11/h3-8H,9H2,1-2H3. The smallest absolute Gasteiger partial charge is 0.118 e. The Labute approximate surface area is 106 Å². The first-order valence-corrected chi connectivity index (χ1v) is 5.95. The average Bonchev–Trinajstić information content (AvgIpc) is 2.39. The fraction of sp³-hybridized carbons (Fsp3) is 0.214. The monoisotopic (exact) mass is 247 g/mol. The normalized spacial score (nSPS) is 10.3. The van der Waals surface area contributed by atoms with Gasteiger partial charge in [0.25, 0.3) is 0 Å². The molecule has 0 N–H and O–H groups in total. The molecular weight excluding hydrogens is 234 g/mol. The zero-order valence-electron chi connectivity index (χ0n) is 9.90. The fourth-order valence-electron chi connectivity index (χ4n) is 1.65. The largest absolute Gasteiger partial charge is 0.497 e. The lowest BCUT2D eigenvalue weighted by Crippen LogP contribution is -1.92. The van der Waals surface area contributed by atoms with Crippen molar-refractivity contribution in [2.75, 3.05) is 7.11 Å². The number of alkyl halides is 1. The van der Waals surface area contributed by atoms with Crippen molar-refractivity contribution in [3.05, 3.63) is 47.7 Å². The van der Waals surface area contributed by atoms with E-state index in [9.17, 15) is 0 Å². The number of nitrogens with zero attached hydrogens (tertiary/aromatic N) is 1. The number of hydrogen-bond acceptors (Lipinski definition) is 2. The second-order valence-corrected chi connectivity index (χ2v) is 4.07. The minimum absolute atomic E-state index is 0.502. The van der Waals surface area contributed by atoms with Crippen molar-refractivity contribution in [1.82, 2.24) is 4.98 Å². The van der Waals surface area contributed by atoms with Gasteiger partial charge in [0.1, 0.15) is 5.75 Å². The van der Waals surface area contributed by atoms with E-state index in [0.717, 1.165) is 28.3 Å². The van der Waals surface area contributed by atoms with Crippen LogP contribution in [0.15, 0.2) is 36.4 Å². The first-order valence-electron chi connectivity index (χ1n) is 5.41. The Morgan fingerprint density at radius 1 is 1.12 bits per heavy atom. The van der Waals surface area contributed by atoms with Gasteiger partial charge in [0.15, 0.2) is 0 Å². The molecule has 1 heterocycles. The van der Waals surface area contributed by atoms with Gasteiger partial charge in [-0.05, 0) is 42.8 Å². The third-order valence-electron chi connectivity index (χ3n) is 2.73. The number of aryl methyl sites for hydroxylation is 1. The molecule has 0 saturated heterocycles. The summed E-state index contributed by atoms with van der Waals surface area (Å²) in [6.07, 6.45) is 0. The summed E-state index contributed by atoms with van der Waals surface area (Å²) in [5.41, 5.74) is 4.09. The molecule has 0 fully saturated rings. The number of ether oxygens (including phenoxy) is 1. The Morgan fingerprint density at radius 3 is 2.35 bits per heavy atom. The van der Waals surface area contributed by atoms with E-state index in [1.54, 1.807) is 7.11 Å². The Morgan fingerprint density at radius 2 is 1.82 bits per heavy atom. The summed E-state index contributed by atoms with van der Waals surface area (Å²) in [5, 5.41) is 0. The lowest BCUT2D eigenvalue weighted by molar-refractivity contribution is 0.415. The van der Waals surface area contributed by atoms with Gasteiger partial charge >= 0.3 is 0 Å². The summed E-state index contributed by atoms with van der Waals surface area (Å²) >= 11 is 5.81. The van der Waals surface area contributed by atoms with Crippen LogP contribution < -0.4 is 4.74 Å². The van der Waals surface area contributed by atoms with Crippen molar-refractivity contribution < 1.29 is 4.74 Å². The van der Waals surface area contributed by atoms with Crippen molar-refractivity contribution in [2.45, 2.75) is 12.8 Å². The van der Waals surface area contributed by atoms with E-state index in [2.05, 4.69) is 4.98 Å². The number of hydrogen-bond donors (Lipinski definition) is 0. The first kappa shape index (κ1) is 11.9. The van der Waals surface area contributed by atoms with Crippen LogP contribution in [0.4, 0.5) is 0 Å². The zero-order chi connectivity index (χ0) is 12.3. The molecule has 0 aliphatic carbocycles. The van der Waals surface area contributed by atoms with E-state index in [1.165, 1.54) is 0 Å². The summed E-state index contributed by atoms with van der Waals surface area (Å²) in [6.45, 7) is 1.98. The van der Waals surface area contributed by atoms with Gasteiger partial charge in [0.05, 0.1) is 12.8 Å². The van der Waals surface area contributed by atoms with Gasteiger partial charge in [0.2, 0.25) is 0 Å². The average molecular weight is 248 g/mol. The Bertz CT molecular complexity index is 508. The molecule has 0 amide bonds. The van der Waals surface area contributed by atoms with E-state index in [0.29, 0.717) is 5.88 Å². The maximum atomic E-state index is 5.81. The number of aromatic nitrogens is 1. The maximum Gasteiger partial charge on any atom is 0.118 e. The molecule has 17 heavy (non-hydrogen) atoms. The number of halogens is 1. The molecule has 0 bridgehead atoms. The molecule has 0 aliphatic heterocycles. The number of methoxy groups -OCH3 is 1. The number of rotatable bonds is 3. The van der Waals surface area contributed by atoms with Crippen LogP contribution in [0.1, 0.15) is 11.3 Å². The van der Waals surface area contributed by atoms with Crippen LogP contribution in [0, 0.1) is 6.92 Å². The molecule has 3 heteroatoms. The van der Waals surface area contributed by atoms with Gasteiger partial charge < -0.3 is 4.74 Å². The second kappa shape index (κ2) is 5.19.